The molecule has 0 fully saturated rings. The number of nitrogens with two attached hydrogens (primary N) is 3. The molecule has 6 N–H and O–H groups in total. The molecule has 0 radical (unpaired) electrons. The highest BCUT2D eigenvalue weighted by molar-refractivity contribution is 4.73. The van der Waals surface area contributed by atoms with E-state index in [2.05, 4.69) is 11.8 Å². The summed E-state index contributed by atoms with van der Waals surface area (Å²) in [5.74, 6) is 0. The summed E-state index contributed by atoms with van der Waals surface area (Å²) in [6.07, 6.45) is 18.0. The Balaban J connectivity index is 4.38. The van der Waals surface area contributed by atoms with E-state index < -0.39 is 0 Å². The van der Waals surface area contributed by atoms with E-state index in [-0.39, 0.29) is 0 Å². The predicted molar refractivity (Wildman–Crippen MR) is 113 cm³/mol. The van der Waals surface area contributed by atoms with Gasteiger partial charge in [0.25, 0.3) is 0 Å². The van der Waals surface area contributed by atoms with Crippen LogP contribution in [-0.4, -0.2) is 43.7 Å². The van der Waals surface area contributed by atoms with Gasteiger partial charge in [-0.05, 0) is 77.7 Å². The van der Waals surface area contributed by atoms with Gasteiger partial charge in [0.1, 0.15) is 0 Å². The van der Waals surface area contributed by atoms with E-state index in [1.807, 2.05) is 0 Å². The van der Waals surface area contributed by atoms with Gasteiger partial charge in [0, 0.05) is 6.04 Å². The molecule has 0 aliphatic carbocycles. The van der Waals surface area contributed by atoms with Crippen LogP contribution in [0.2, 0.25) is 0 Å². The van der Waals surface area contributed by atoms with E-state index in [1.54, 1.807) is 0 Å². The Kier molecular flexibility index (Phi) is 20.0. The van der Waals surface area contributed by atoms with E-state index in [1.165, 1.54) is 90.1 Å². The van der Waals surface area contributed by atoms with Gasteiger partial charge in [-0.2, -0.15) is 0 Å². The molecule has 0 aliphatic rings. The third kappa shape index (κ3) is 15.8. The van der Waals surface area contributed by atoms with Gasteiger partial charge >= 0.3 is 0 Å². The van der Waals surface area contributed by atoms with Crippen molar-refractivity contribution in [1.82, 2.24) is 4.90 Å². The van der Waals surface area contributed by atoms with Crippen LogP contribution in [0.1, 0.15) is 96.8 Å². The van der Waals surface area contributed by atoms with E-state index >= 15 is 0 Å². The molecule has 0 aromatic heterocycles. The minimum atomic E-state index is 0.720. The molecule has 152 valence electrons. The molecule has 0 rings (SSSR count). The SMILES string of the molecule is CCCCCCCC(CCCN)N(CCCCN)CCCCCCN. The van der Waals surface area contributed by atoms with Crippen molar-refractivity contribution in [3.8, 4) is 0 Å². The first-order chi connectivity index (χ1) is 12.3. The third-order valence-electron chi connectivity index (χ3n) is 5.20. The van der Waals surface area contributed by atoms with Crippen molar-refractivity contribution in [2.24, 2.45) is 17.2 Å². The van der Waals surface area contributed by atoms with Gasteiger partial charge < -0.3 is 22.1 Å². The minimum Gasteiger partial charge on any atom is -0.330 e. The molecule has 0 amide bonds. The average Bonchev–Trinajstić information content (AvgIpc) is 2.62. The molecule has 0 aromatic rings. The summed E-state index contributed by atoms with van der Waals surface area (Å²) in [6, 6.07) is 0.720. The first-order valence-corrected chi connectivity index (χ1v) is 11.1. The van der Waals surface area contributed by atoms with Crippen LogP contribution in [0.15, 0.2) is 0 Å². The van der Waals surface area contributed by atoms with E-state index in [0.29, 0.717) is 0 Å². The molecule has 1 unspecified atom stereocenters. The lowest BCUT2D eigenvalue weighted by Crippen LogP contribution is -2.37. The maximum Gasteiger partial charge on any atom is 0.00957 e. The van der Waals surface area contributed by atoms with Gasteiger partial charge in [-0.15, -0.1) is 0 Å². The first-order valence-electron chi connectivity index (χ1n) is 11.1. The average molecular weight is 357 g/mol. The van der Waals surface area contributed by atoms with Gasteiger partial charge in [0.2, 0.25) is 0 Å². The van der Waals surface area contributed by atoms with Gasteiger partial charge in [0.15, 0.2) is 0 Å². The minimum absolute atomic E-state index is 0.720. The lowest BCUT2D eigenvalue weighted by Gasteiger charge is -2.32. The second kappa shape index (κ2) is 20.2. The molecule has 0 saturated heterocycles. The summed E-state index contributed by atoms with van der Waals surface area (Å²) in [4.78, 5) is 2.76. The summed E-state index contributed by atoms with van der Waals surface area (Å²) in [6.45, 7) is 7.19. The van der Waals surface area contributed by atoms with Crippen LogP contribution in [0.25, 0.3) is 0 Å². The monoisotopic (exact) mass is 356 g/mol. The topological polar surface area (TPSA) is 81.3 Å². The number of nitrogens with zero attached hydrogens (tertiary/aromatic N) is 1. The van der Waals surface area contributed by atoms with Gasteiger partial charge in [-0.1, -0.05) is 51.9 Å². The van der Waals surface area contributed by atoms with Crippen molar-refractivity contribution < 1.29 is 0 Å². The maximum atomic E-state index is 5.80. The Labute approximate surface area is 158 Å². The summed E-state index contributed by atoms with van der Waals surface area (Å²) < 4.78 is 0. The van der Waals surface area contributed by atoms with E-state index in [4.69, 9.17) is 17.2 Å². The van der Waals surface area contributed by atoms with Crippen molar-refractivity contribution >= 4 is 0 Å². The molecule has 0 spiro atoms. The standard InChI is InChI=1S/C21H48N4/c1-2-3-4-5-8-14-21(15-13-18-24)25(20-12-10-17-23)19-11-7-6-9-16-22/h21H,2-20,22-24H2,1H3. The zero-order valence-corrected chi connectivity index (χ0v) is 17.2. The van der Waals surface area contributed by atoms with Crippen molar-refractivity contribution in [2.45, 2.75) is 103 Å². The molecule has 4 nitrogen and oxygen atoms in total. The van der Waals surface area contributed by atoms with Crippen LogP contribution in [0.5, 0.6) is 0 Å². The fraction of sp³-hybridized carbons (Fsp3) is 1.00. The molecule has 25 heavy (non-hydrogen) atoms. The highest BCUT2D eigenvalue weighted by atomic mass is 15.1. The number of hydrogen-bond donors (Lipinski definition) is 3. The van der Waals surface area contributed by atoms with E-state index in [0.717, 1.165) is 38.5 Å². The van der Waals surface area contributed by atoms with Crippen molar-refractivity contribution in [2.75, 3.05) is 32.7 Å². The van der Waals surface area contributed by atoms with Crippen molar-refractivity contribution in [3.05, 3.63) is 0 Å². The van der Waals surface area contributed by atoms with Crippen molar-refractivity contribution in [3.63, 3.8) is 0 Å². The van der Waals surface area contributed by atoms with Gasteiger partial charge in [0.05, 0.1) is 0 Å². The zero-order valence-electron chi connectivity index (χ0n) is 17.2. The van der Waals surface area contributed by atoms with Crippen molar-refractivity contribution in [1.29, 1.82) is 0 Å². The quantitative estimate of drug-likeness (QED) is 0.288. The van der Waals surface area contributed by atoms with Crippen LogP contribution in [0, 0.1) is 0 Å². The molecule has 1 atom stereocenters. The third-order valence-corrected chi connectivity index (χ3v) is 5.20. The molecule has 0 saturated carbocycles. The Morgan fingerprint density at radius 2 is 1.04 bits per heavy atom. The lowest BCUT2D eigenvalue weighted by molar-refractivity contribution is 0.165. The number of unbranched alkanes of at least 4 members (excludes halogenated alkanes) is 8. The number of rotatable bonds is 20. The predicted octanol–water partition coefficient (Wildman–Crippen LogP) is 4.01. The van der Waals surface area contributed by atoms with Gasteiger partial charge in [-0.25, -0.2) is 0 Å². The zero-order chi connectivity index (χ0) is 18.6. The normalized spacial score (nSPS) is 12.8. The maximum absolute atomic E-state index is 5.80. The van der Waals surface area contributed by atoms with Crippen LogP contribution in [-0.2, 0) is 0 Å². The Morgan fingerprint density at radius 3 is 1.68 bits per heavy atom. The Hall–Kier alpha value is -0.160. The van der Waals surface area contributed by atoms with E-state index in [9.17, 15) is 0 Å². The largest absolute Gasteiger partial charge is 0.330 e. The molecular formula is C21H48N4. The highest BCUT2D eigenvalue weighted by Gasteiger charge is 2.17. The van der Waals surface area contributed by atoms with Crippen LogP contribution in [0.3, 0.4) is 0 Å². The van der Waals surface area contributed by atoms with Crippen LogP contribution >= 0.6 is 0 Å². The lowest BCUT2D eigenvalue weighted by atomic mass is 10.00. The second-order valence-corrected chi connectivity index (χ2v) is 7.52. The molecule has 0 aliphatic heterocycles. The Morgan fingerprint density at radius 1 is 0.560 bits per heavy atom. The first kappa shape index (κ1) is 24.8. The smallest absolute Gasteiger partial charge is 0.00957 e. The van der Waals surface area contributed by atoms with Crippen LogP contribution in [0.4, 0.5) is 0 Å². The summed E-state index contributed by atoms with van der Waals surface area (Å²) in [5.41, 5.74) is 17.1. The molecule has 0 heterocycles. The molecule has 0 bridgehead atoms. The second-order valence-electron chi connectivity index (χ2n) is 7.52. The summed E-state index contributed by atoms with van der Waals surface area (Å²) in [5, 5.41) is 0. The molecule has 0 aromatic carbocycles. The summed E-state index contributed by atoms with van der Waals surface area (Å²) >= 11 is 0. The number of hydrogen-bond acceptors (Lipinski definition) is 4. The fourth-order valence-corrected chi connectivity index (χ4v) is 3.60. The Bertz CT molecular complexity index is 248. The highest BCUT2D eigenvalue weighted by Crippen LogP contribution is 2.18. The summed E-state index contributed by atoms with van der Waals surface area (Å²) in [7, 11) is 0. The molecular weight excluding hydrogens is 308 g/mol. The fourth-order valence-electron chi connectivity index (χ4n) is 3.60. The molecule has 4 heteroatoms. The van der Waals surface area contributed by atoms with Crippen LogP contribution < -0.4 is 17.2 Å². The van der Waals surface area contributed by atoms with Gasteiger partial charge in [-0.3, -0.25) is 0 Å².